The van der Waals surface area contributed by atoms with Crippen LogP contribution in [0, 0.1) is 11.3 Å². The predicted octanol–water partition coefficient (Wildman–Crippen LogP) is 2.74. The van der Waals surface area contributed by atoms with Crippen molar-refractivity contribution in [3.8, 4) is 5.75 Å². The Kier molecular flexibility index (Phi) is 2.44. The van der Waals surface area contributed by atoms with Crippen LogP contribution >= 0.6 is 11.6 Å². The summed E-state index contributed by atoms with van der Waals surface area (Å²) in [6.07, 6.45) is 0. The molecule has 2 unspecified atom stereocenters. The van der Waals surface area contributed by atoms with E-state index in [0.29, 0.717) is 23.4 Å². The summed E-state index contributed by atoms with van der Waals surface area (Å²) in [5.41, 5.74) is 6.82. The quantitative estimate of drug-likeness (QED) is 0.813. The van der Waals surface area contributed by atoms with Gasteiger partial charge >= 0.3 is 0 Å². The molecular formula is C12H16ClNO. The normalized spacial score (nSPS) is 27.7. The highest BCUT2D eigenvalue weighted by molar-refractivity contribution is 6.32. The zero-order valence-electron chi connectivity index (χ0n) is 9.00. The van der Waals surface area contributed by atoms with E-state index >= 15 is 0 Å². The molecule has 1 aliphatic rings. The van der Waals surface area contributed by atoms with Gasteiger partial charge < -0.3 is 10.8 Å². The van der Waals surface area contributed by atoms with E-state index < -0.39 is 0 Å². The van der Waals surface area contributed by atoms with Gasteiger partial charge in [0, 0.05) is 0 Å². The molecular weight excluding hydrogens is 210 g/mol. The van der Waals surface area contributed by atoms with Crippen molar-refractivity contribution < 1.29 is 5.11 Å². The van der Waals surface area contributed by atoms with Crippen LogP contribution in [0.1, 0.15) is 25.3 Å². The van der Waals surface area contributed by atoms with Gasteiger partial charge in [-0.25, -0.2) is 0 Å². The number of halogens is 1. The highest BCUT2D eigenvalue weighted by Crippen LogP contribution is 2.65. The molecule has 0 spiro atoms. The highest BCUT2D eigenvalue weighted by Gasteiger charge is 2.58. The molecule has 0 heterocycles. The van der Waals surface area contributed by atoms with Gasteiger partial charge in [0.2, 0.25) is 0 Å². The molecule has 1 fully saturated rings. The average Bonchev–Trinajstić information content (AvgIpc) is 2.73. The smallest absolute Gasteiger partial charge is 0.137 e. The van der Waals surface area contributed by atoms with E-state index in [1.54, 1.807) is 6.07 Å². The van der Waals surface area contributed by atoms with Crippen molar-refractivity contribution in [3.05, 3.63) is 28.8 Å². The lowest BCUT2D eigenvalue weighted by Gasteiger charge is -2.06. The summed E-state index contributed by atoms with van der Waals surface area (Å²) in [6, 6.07) is 5.51. The van der Waals surface area contributed by atoms with E-state index in [-0.39, 0.29) is 11.2 Å². The van der Waals surface area contributed by atoms with E-state index in [1.165, 1.54) is 0 Å². The van der Waals surface area contributed by atoms with Crippen molar-refractivity contribution in [2.24, 2.45) is 17.1 Å². The van der Waals surface area contributed by atoms with Gasteiger partial charge in [0.05, 0.1) is 5.02 Å². The Balaban J connectivity index is 2.37. The number of hydrogen-bond donors (Lipinski definition) is 2. The molecule has 1 aliphatic carbocycles. The number of phenols is 1. The Hall–Kier alpha value is -0.730. The van der Waals surface area contributed by atoms with Crippen molar-refractivity contribution in [3.63, 3.8) is 0 Å². The third kappa shape index (κ3) is 1.52. The summed E-state index contributed by atoms with van der Waals surface area (Å²) >= 11 is 5.89. The van der Waals surface area contributed by atoms with Gasteiger partial charge in [0.25, 0.3) is 0 Å². The van der Waals surface area contributed by atoms with Crippen LogP contribution in [-0.2, 0) is 0 Å². The van der Waals surface area contributed by atoms with Crippen LogP contribution in [-0.4, -0.2) is 11.7 Å². The highest BCUT2D eigenvalue weighted by atomic mass is 35.5. The Morgan fingerprint density at radius 3 is 2.67 bits per heavy atom. The molecule has 0 amide bonds. The van der Waals surface area contributed by atoms with Crippen LogP contribution < -0.4 is 5.73 Å². The van der Waals surface area contributed by atoms with Gasteiger partial charge in [-0.1, -0.05) is 37.6 Å². The maximum absolute atomic E-state index is 9.88. The molecule has 0 bridgehead atoms. The lowest BCUT2D eigenvalue weighted by Crippen LogP contribution is -2.05. The molecule has 0 saturated heterocycles. The van der Waals surface area contributed by atoms with E-state index in [1.807, 2.05) is 12.1 Å². The molecule has 1 aromatic rings. The fourth-order valence-electron chi connectivity index (χ4n) is 2.58. The summed E-state index contributed by atoms with van der Waals surface area (Å²) < 4.78 is 0. The summed E-state index contributed by atoms with van der Waals surface area (Å²) in [4.78, 5) is 0. The number of benzene rings is 1. The molecule has 3 heteroatoms. The second-order valence-corrected chi connectivity index (χ2v) is 5.23. The average molecular weight is 226 g/mol. The minimum absolute atomic E-state index is 0.177. The maximum Gasteiger partial charge on any atom is 0.137 e. The number of phenolic OH excluding ortho intramolecular Hbond substituents is 1. The van der Waals surface area contributed by atoms with E-state index in [0.717, 1.165) is 5.56 Å². The van der Waals surface area contributed by atoms with Gasteiger partial charge in [-0.2, -0.15) is 0 Å². The van der Waals surface area contributed by atoms with Crippen LogP contribution in [0.15, 0.2) is 18.2 Å². The summed E-state index contributed by atoms with van der Waals surface area (Å²) in [5.74, 6) is 0.997. The lowest BCUT2D eigenvalue weighted by molar-refractivity contribution is 0.464. The molecule has 3 N–H and O–H groups in total. The summed E-state index contributed by atoms with van der Waals surface area (Å²) in [6.45, 7) is 5.01. The minimum Gasteiger partial charge on any atom is -0.506 e. The van der Waals surface area contributed by atoms with Crippen LogP contribution in [0.5, 0.6) is 5.75 Å². The molecule has 0 radical (unpaired) electrons. The molecule has 1 saturated carbocycles. The van der Waals surface area contributed by atoms with Crippen LogP contribution in [0.2, 0.25) is 5.02 Å². The minimum atomic E-state index is 0.177. The molecule has 0 aromatic heterocycles. The van der Waals surface area contributed by atoms with Crippen LogP contribution in [0.3, 0.4) is 0 Å². The second kappa shape index (κ2) is 3.39. The monoisotopic (exact) mass is 225 g/mol. The van der Waals surface area contributed by atoms with Crippen molar-refractivity contribution >= 4 is 11.6 Å². The SMILES string of the molecule is CC1(C)C(CN)C1c1cccc(Cl)c1O. The molecule has 1 aromatic carbocycles. The Bertz CT molecular complexity index is 389. The first-order valence-corrected chi connectivity index (χ1v) is 5.55. The summed E-state index contributed by atoms with van der Waals surface area (Å²) in [7, 11) is 0. The first kappa shape index (κ1) is 10.8. The van der Waals surface area contributed by atoms with Gasteiger partial charge in [-0.15, -0.1) is 0 Å². The van der Waals surface area contributed by atoms with E-state index in [2.05, 4.69) is 13.8 Å². The van der Waals surface area contributed by atoms with Gasteiger partial charge in [-0.3, -0.25) is 0 Å². The zero-order valence-corrected chi connectivity index (χ0v) is 9.75. The van der Waals surface area contributed by atoms with Crippen molar-refractivity contribution in [2.45, 2.75) is 19.8 Å². The molecule has 2 rings (SSSR count). The lowest BCUT2D eigenvalue weighted by atomic mass is 10.0. The third-order valence-corrected chi connectivity index (χ3v) is 3.96. The van der Waals surface area contributed by atoms with Gasteiger partial charge in [0.1, 0.15) is 5.75 Å². The molecule has 82 valence electrons. The number of para-hydroxylation sites is 1. The van der Waals surface area contributed by atoms with Crippen molar-refractivity contribution in [1.29, 1.82) is 0 Å². The Morgan fingerprint density at radius 2 is 2.13 bits per heavy atom. The largest absolute Gasteiger partial charge is 0.506 e. The summed E-state index contributed by atoms with van der Waals surface area (Å²) in [5, 5.41) is 10.3. The van der Waals surface area contributed by atoms with Crippen molar-refractivity contribution in [1.82, 2.24) is 0 Å². The Labute approximate surface area is 95.1 Å². The first-order valence-electron chi connectivity index (χ1n) is 5.17. The van der Waals surface area contributed by atoms with Crippen molar-refractivity contribution in [2.75, 3.05) is 6.54 Å². The molecule has 2 atom stereocenters. The molecule has 2 nitrogen and oxygen atoms in total. The van der Waals surface area contributed by atoms with Crippen LogP contribution in [0.4, 0.5) is 0 Å². The van der Waals surface area contributed by atoms with Gasteiger partial charge in [0.15, 0.2) is 0 Å². The Morgan fingerprint density at radius 1 is 1.47 bits per heavy atom. The van der Waals surface area contributed by atoms with E-state index in [4.69, 9.17) is 17.3 Å². The fraction of sp³-hybridized carbons (Fsp3) is 0.500. The molecule has 0 aliphatic heterocycles. The number of hydrogen-bond acceptors (Lipinski definition) is 2. The zero-order chi connectivity index (χ0) is 11.2. The van der Waals surface area contributed by atoms with E-state index in [9.17, 15) is 5.11 Å². The second-order valence-electron chi connectivity index (χ2n) is 4.82. The topological polar surface area (TPSA) is 46.2 Å². The third-order valence-electron chi connectivity index (χ3n) is 3.66. The predicted molar refractivity (Wildman–Crippen MR) is 62.2 cm³/mol. The number of rotatable bonds is 2. The fourth-order valence-corrected chi connectivity index (χ4v) is 2.77. The first-order chi connectivity index (χ1) is 7.00. The standard InChI is InChI=1S/C12H16ClNO/c1-12(2)8(6-14)10(12)7-4-3-5-9(13)11(7)15/h3-5,8,10,15H,6,14H2,1-2H3. The number of aromatic hydroxyl groups is 1. The van der Waals surface area contributed by atoms with Crippen LogP contribution in [0.25, 0.3) is 0 Å². The van der Waals surface area contributed by atoms with Gasteiger partial charge in [-0.05, 0) is 35.4 Å². The maximum atomic E-state index is 9.88. The number of nitrogens with two attached hydrogens (primary N) is 1. The molecule has 15 heavy (non-hydrogen) atoms.